The Morgan fingerprint density at radius 1 is 0.778 bits per heavy atom. The molecule has 0 atom stereocenters. The van der Waals surface area contributed by atoms with Gasteiger partial charge in [0.25, 0.3) is 5.91 Å². The molecule has 0 aromatic carbocycles. The standard InChI is InChI=1S/C21H27N5O/c27-21(26-11-5-1-2-6-12-26)19-9-8-18(17-23-19)24-13-15-25(16-14-24)20-7-3-4-10-22-20/h3-4,7-10,17H,1-2,5-6,11-16H2. The molecular weight excluding hydrogens is 338 g/mol. The fourth-order valence-electron chi connectivity index (χ4n) is 3.87. The summed E-state index contributed by atoms with van der Waals surface area (Å²) in [5.74, 6) is 1.11. The van der Waals surface area contributed by atoms with Crippen molar-refractivity contribution in [2.75, 3.05) is 49.1 Å². The Morgan fingerprint density at radius 2 is 1.52 bits per heavy atom. The van der Waals surface area contributed by atoms with Crippen molar-refractivity contribution in [3.05, 3.63) is 48.4 Å². The molecule has 2 fully saturated rings. The van der Waals surface area contributed by atoms with E-state index in [1.54, 1.807) is 0 Å². The zero-order valence-electron chi connectivity index (χ0n) is 15.8. The lowest BCUT2D eigenvalue weighted by atomic mass is 10.2. The van der Waals surface area contributed by atoms with Crippen molar-refractivity contribution in [2.24, 2.45) is 0 Å². The van der Waals surface area contributed by atoms with Crippen LogP contribution in [0.1, 0.15) is 36.2 Å². The van der Waals surface area contributed by atoms with Crippen LogP contribution in [0.5, 0.6) is 0 Å². The lowest BCUT2D eigenvalue weighted by molar-refractivity contribution is 0.0756. The van der Waals surface area contributed by atoms with Crippen molar-refractivity contribution in [2.45, 2.75) is 25.7 Å². The number of anilines is 2. The third-order valence-corrected chi connectivity index (χ3v) is 5.48. The predicted octanol–water partition coefficient (Wildman–Crippen LogP) is 2.82. The quantitative estimate of drug-likeness (QED) is 0.837. The molecule has 6 heteroatoms. The number of rotatable bonds is 3. The van der Waals surface area contributed by atoms with E-state index in [2.05, 4.69) is 25.8 Å². The number of hydrogen-bond donors (Lipinski definition) is 0. The van der Waals surface area contributed by atoms with E-state index in [-0.39, 0.29) is 5.91 Å². The van der Waals surface area contributed by atoms with Crippen LogP contribution in [0.2, 0.25) is 0 Å². The maximum Gasteiger partial charge on any atom is 0.272 e. The van der Waals surface area contributed by atoms with E-state index in [9.17, 15) is 4.79 Å². The molecule has 1 amide bonds. The molecular formula is C21H27N5O. The summed E-state index contributed by atoms with van der Waals surface area (Å²) in [5.41, 5.74) is 1.65. The smallest absolute Gasteiger partial charge is 0.272 e. The highest BCUT2D eigenvalue weighted by atomic mass is 16.2. The summed E-state index contributed by atoms with van der Waals surface area (Å²) in [6, 6.07) is 9.95. The SMILES string of the molecule is O=C(c1ccc(N2CCN(c3ccccn3)CC2)cn1)N1CCCCCC1. The first-order chi connectivity index (χ1) is 13.3. The number of hydrogen-bond acceptors (Lipinski definition) is 5. The van der Waals surface area contributed by atoms with Crippen molar-refractivity contribution < 1.29 is 4.79 Å². The van der Waals surface area contributed by atoms with Gasteiger partial charge in [-0.3, -0.25) is 4.79 Å². The Bertz CT molecular complexity index is 733. The Labute approximate surface area is 160 Å². The van der Waals surface area contributed by atoms with Crippen molar-refractivity contribution >= 4 is 17.4 Å². The molecule has 2 aliphatic heterocycles. The van der Waals surface area contributed by atoms with Crippen molar-refractivity contribution in [1.29, 1.82) is 0 Å². The van der Waals surface area contributed by atoms with Crippen LogP contribution in [0.4, 0.5) is 11.5 Å². The molecule has 4 rings (SSSR count). The topological polar surface area (TPSA) is 52.6 Å². The maximum absolute atomic E-state index is 12.7. The van der Waals surface area contributed by atoms with E-state index in [4.69, 9.17) is 0 Å². The fourth-order valence-corrected chi connectivity index (χ4v) is 3.87. The molecule has 0 saturated carbocycles. The Hall–Kier alpha value is -2.63. The van der Waals surface area contributed by atoms with Gasteiger partial charge in [0, 0.05) is 45.5 Å². The third-order valence-electron chi connectivity index (χ3n) is 5.48. The highest BCUT2D eigenvalue weighted by molar-refractivity contribution is 5.92. The highest BCUT2D eigenvalue weighted by Crippen LogP contribution is 2.19. The average Bonchev–Trinajstić information content (AvgIpc) is 3.04. The summed E-state index contributed by atoms with van der Waals surface area (Å²) in [6.45, 7) is 5.45. The van der Waals surface area contributed by atoms with Gasteiger partial charge in [0.1, 0.15) is 11.5 Å². The number of aromatic nitrogens is 2. The van der Waals surface area contributed by atoms with Crippen LogP contribution in [0.3, 0.4) is 0 Å². The molecule has 0 radical (unpaired) electrons. The van der Waals surface area contributed by atoms with Crippen LogP contribution in [0.25, 0.3) is 0 Å². The van der Waals surface area contributed by atoms with Crippen molar-refractivity contribution in [3.63, 3.8) is 0 Å². The van der Waals surface area contributed by atoms with E-state index >= 15 is 0 Å². The first kappa shape index (κ1) is 17.8. The van der Waals surface area contributed by atoms with Gasteiger partial charge in [-0.1, -0.05) is 18.9 Å². The van der Waals surface area contributed by atoms with Gasteiger partial charge in [-0.05, 0) is 37.1 Å². The lowest BCUT2D eigenvalue weighted by Crippen LogP contribution is -2.46. The molecule has 27 heavy (non-hydrogen) atoms. The zero-order chi connectivity index (χ0) is 18.5. The predicted molar refractivity (Wildman–Crippen MR) is 107 cm³/mol. The van der Waals surface area contributed by atoms with Crippen LogP contribution < -0.4 is 9.80 Å². The second kappa shape index (κ2) is 8.37. The molecule has 2 saturated heterocycles. The van der Waals surface area contributed by atoms with Gasteiger partial charge in [-0.25, -0.2) is 9.97 Å². The average molecular weight is 365 g/mol. The van der Waals surface area contributed by atoms with E-state index in [1.165, 1.54) is 12.8 Å². The van der Waals surface area contributed by atoms with Gasteiger partial charge in [0.05, 0.1) is 11.9 Å². The first-order valence-electron chi connectivity index (χ1n) is 9.97. The Kier molecular flexibility index (Phi) is 5.51. The van der Waals surface area contributed by atoms with Gasteiger partial charge in [-0.2, -0.15) is 0 Å². The molecule has 0 N–H and O–H groups in total. The lowest BCUT2D eigenvalue weighted by Gasteiger charge is -2.36. The fraction of sp³-hybridized carbons (Fsp3) is 0.476. The molecule has 142 valence electrons. The third kappa shape index (κ3) is 4.21. The van der Waals surface area contributed by atoms with Crippen molar-refractivity contribution in [3.8, 4) is 0 Å². The summed E-state index contributed by atoms with van der Waals surface area (Å²) < 4.78 is 0. The summed E-state index contributed by atoms with van der Waals surface area (Å²) in [7, 11) is 0. The van der Waals surface area contributed by atoms with Crippen LogP contribution in [-0.4, -0.2) is 60.0 Å². The maximum atomic E-state index is 12.7. The van der Waals surface area contributed by atoms with E-state index in [0.29, 0.717) is 5.69 Å². The first-order valence-corrected chi connectivity index (χ1v) is 9.97. The number of likely N-dealkylation sites (tertiary alicyclic amines) is 1. The Morgan fingerprint density at radius 3 is 2.15 bits per heavy atom. The normalized spacial score (nSPS) is 18.3. The molecule has 0 bridgehead atoms. The molecule has 2 aromatic heterocycles. The van der Waals surface area contributed by atoms with Crippen LogP contribution >= 0.6 is 0 Å². The summed E-state index contributed by atoms with van der Waals surface area (Å²) in [4.78, 5) is 28.2. The van der Waals surface area contributed by atoms with Gasteiger partial charge in [0.2, 0.25) is 0 Å². The summed E-state index contributed by atoms with van der Waals surface area (Å²) >= 11 is 0. The van der Waals surface area contributed by atoms with E-state index in [0.717, 1.165) is 63.6 Å². The molecule has 0 spiro atoms. The number of nitrogens with zero attached hydrogens (tertiary/aromatic N) is 5. The molecule has 2 aromatic rings. The van der Waals surface area contributed by atoms with Gasteiger partial charge in [-0.15, -0.1) is 0 Å². The summed E-state index contributed by atoms with van der Waals surface area (Å²) in [6.07, 6.45) is 8.34. The molecule has 6 nitrogen and oxygen atoms in total. The summed E-state index contributed by atoms with van der Waals surface area (Å²) in [5, 5.41) is 0. The number of amides is 1. The number of pyridine rings is 2. The van der Waals surface area contributed by atoms with Gasteiger partial charge < -0.3 is 14.7 Å². The van der Waals surface area contributed by atoms with Crippen LogP contribution in [-0.2, 0) is 0 Å². The number of carbonyl (C=O) groups is 1. The Balaban J connectivity index is 1.36. The number of carbonyl (C=O) groups excluding carboxylic acids is 1. The monoisotopic (exact) mass is 365 g/mol. The van der Waals surface area contributed by atoms with E-state index in [1.807, 2.05) is 41.6 Å². The van der Waals surface area contributed by atoms with Crippen molar-refractivity contribution in [1.82, 2.24) is 14.9 Å². The van der Waals surface area contributed by atoms with Crippen LogP contribution in [0.15, 0.2) is 42.7 Å². The molecule has 2 aliphatic rings. The minimum absolute atomic E-state index is 0.0726. The van der Waals surface area contributed by atoms with Gasteiger partial charge >= 0.3 is 0 Å². The number of piperazine rings is 1. The van der Waals surface area contributed by atoms with E-state index < -0.39 is 0 Å². The zero-order valence-corrected chi connectivity index (χ0v) is 15.8. The second-order valence-electron chi connectivity index (χ2n) is 7.27. The minimum atomic E-state index is 0.0726. The molecule has 0 aliphatic carbocycles. The highest BCUT2D eigenvalue weighted by Gasteiger charge is 2.21. The van der Waals surface area contributed by atoms with Gasteiger partial charge in [0.15, 0.2) is 0 Å². The minimum Gasteiger partial charge on any atom is -0.367 e. The second-order valence-corrected chi connectivity index (χ2v) is 7.27. The molecule has 0 unspecified atom stereocenters. The molecule has 4 heterocycles. The van der Waals surface area contributed by atoms with Crippen LogP contribution in [0, 0.1) is 0 Å². The largest absolute Gasteiger partial charge is 0.367 e.